The van der Waals surface area contributed by atoms with E-state index in [0.29, 0.717) is 54.2 Å². The van der Waals surface area contributed by atoms with Crippen LogP contribution in [0.2, 0.25) is 5.02 Å². The van der Waals surface area contributed by atoms with E-state index in [4.69, 9.17) is 11.6 Å². The number of carbonyl (C=O) groups excluding carboxylic acids is 3. The molecule has 0 spiro atoms. The third kappa shape index (κ3) is 8.70. The highest BCUT2D eigenvalue weighted by Gasteiger charge is 2.19. The maximum atomic E-state index is 13.0. The fraction of sp³-hybridized carbons (Fsp3) is 0.542. The van der Waals surface area contributed by atoms with Crippen molar-refractivity contribution < 1.29 is 14.4 Å². The van der Waals surface area contributed by atoms with Gasteiger partial charge in [-0.2, -0.15) is 0 Å². The molecule has 30 heavy (non-hydrogen) atoms. The third-order valence-electron chi connectivity index (χ3n) is 4.80. The molecule has 166 valence electrons. The smallest absolute Gasteiger partial charge is 0.255 e. The number of Topliss-reactive ketones (excluding diaryl/α,β-unsaturated/α-hetero) is 1. The number of carbonyl (C=O) groups is 3. The second-order valence-corrected chi connectivity index (χ2v) is 7.89. The molecule has 1 N–H and O–H groups in total. The van der Waals surface area contributed by atoms with Gasteiger partial charge >= 0.3 is 0 Å². The highest BCUT2D eigenvalue weighted by atomic mass is 35.5. The van der Waals surface area contributed by atoms with Crippen LogP contribution in [0.4, 0.5) is 5.69 Å². The van der Waals surface area contributed by atoms with Crippen molar-refractivity contribution in [2.45, 2.75) is 72.6 Å². The minimum Gasteiger partial charge on any atom is -0.339 e. The molecular weight excluding hydrogens is 400 g/mol. The fourth-order valence-electron chi connectivity index (χ4n) is 3.12. The van der Waals surface area contributed by atoms with Gasteiger partial charge in [-0.05, 0) is 50.8 Å². The summed E-state index contributed by atoms with van der Waals surface area (Å²) in [6.45, 7) is 8.95. The lowest BCUT2D eigenvalue weighted by atomic mass is 10.1. The van der Waals surface area contributed by atoms with Crippen LogP contribution >= 0.6 is 11.6 Å². The zero-order valence-electron chi connectivity index (χ0n) is 18.7. The standard InChI is InChI=1S/C24H35ClN2O3/c1-5-8-11-20(28)12-9-16-27(15-7-3)24(30)21-14-13-19(17-22(21)25)26-23(29)18(4)10-6-2/h10,13-14,17H,5-9,11-12,15-16H2,1-4H3,(H,26,29)/b18-10-. The molecule has 0 atom stereocenters. The lowest BCUT2D eigenvalue weighted by Gasteiger charge is -2.23. The average Bonchev–Trinajstić information content (AvgIpc) is 2.71. The first-order valence-electron chi connectivity index (χ1n) is 10.9. The van der Waals surface area contributed by atoms with Crippen molar-refractivity contribution in [1.82, 2.24) is 4.90 Å². The van der Waals surface area contributed by atoms with E-state index >= 15 is 0 Å². The molecule has 1 rings (SSSR count). The molecule has 0 aliphatic carbocycles. The highest BCUT2D eigenvalue weighted by Crippen LogP contribution is 2.23. The van der Waals surface area contributed by atoms with E-state index in [1.54, 1.807) is 30.0 Å². The van der Waals surface area contributed by atoms with Gasteiger partial charge in [0, 0.05) is 37.2 Å². The molecule has 1 aromatic carbocycles. The minimum absolute atomic E-state index is 0.150. The Morgan fingerprint density at radius 3 is 2.33 bits per heavy atom. The molecule has 0 fully saturated rings. The molecule has 2 amide bonds. The maximum absolute atomic E-state index is 13.0. The van der Waals surface area contributed by atoms with Crippen molar-refractivity contribution in [3.63, 3.8) is 0 Å². The van der Waals surface area contributed by atoms with E-state index in [0.717, 1.165) is 25.7 Å². The molecule has 0 aliphatic heterocycles. The van der Waals surface area contributed by atoms with E-state index in [2.05, 4.69) is 12.2 Å². The number of halogens is 1. The number of hydrogen-bond acceptors (Lipinski definition) is 3. The topological polar surface area (TPSA) is 66.5 Å². The molecule has 0 unspecified atom stereocenters. The summed E-state index contributed by atoms with van der Waals surface area (Å²) >= 11 is 6.37. The largest absolute Gasteiger partial charge is 0.339 e. The lowest BCUT2D eigenvalue weighted by Crippen LogP contribution is -2.33. The van der Waals surface area contributed by atoms with E-state index in [9.17, 15) is 14.4 Å². The van der Waals surface area contributed by atoms with Gasteiger partial charge < -0.3 is 10.2 Å². The fourth-order valence-corrected chi connectivity index (χ4v) is 3.38. The van der Waals surface area contributed by atoms with Crippen molar-refractivity contribution in [2.75, 3.05) is 18.4 Å². The molecule has 5 nitrogen and oxygen atoms in total. The second kappa shape index (κ2) is 14.0. The van der Waals surface area contributed by atoms with Gasteiger partial charge in [0.05, 0.1) is 10.6 Å². The van der Waals surface area contributed by atoms with Gasteiger partial charge in [0.25, 0.3) is 11.8 Å². The first kappa shape index (κ1) is 25.9. The van der Waals surface area contributed by atoms with Gasteiger partial charge in [-0.15, -0.1) is 0 Å². The number of benzene rings is 1. The number of allylic oxidation sites excluding steroid dienone is 1. The summed E-state index contributed by atoms with van der Waals surface area (Å²) in [7, 11) is 0. The SMILES string of the molecule is CC/C=C(/C)C(=O)Nc1ccc(C(=O)N(CCC)CCCC(=O)CCCC)c(Cl)c1. The van der Waals surface area contributed by atoms with Crippen LogP contribution in [0, 0.1) is 0 Å². The predicted molar refractivity (Wildman–Crippen MR) is 124 cm³/mol. The Labute approximate surface area is 185 Å². The quantitative estimate of drug-likeness (QED) is 0.385. The van der Waals surface area contributed by atoms with E-state index in [1.165, 1.54) is 0 Å². The Hall–Kier alpha value is -2.14. The van der Waals surface area contributed by atoms with Gasteiger partial charge in [-0.1, -0.05) is 44.9 Å². The number of nitrogens with one attached hydrogen (secondary N) is 1. The second-order valence-electron chi connectivity index (χ2n) is 7.48. The molecule has 0 radical (unpaired) electrons. The Morgan fingerprint density at radius 2 is 1.73 bits per heavy atom. The van der Waals surface area contributed by atoms with Crippen LogP contribution in [0.3, 0.4) is 0 Å². The van der Waals surface area contributed by atoms with Gasteiger partial charge in [-0.3, -0.25) is 14.4 Å². The van der Waals surface area contributed by atoms with Crippen LogP contribution in [0.25, 0.3) is 0 Å². The van der Waals surface area contributed by atoms with Crippen LogP contribution in [0.1, 0.15) is 83.0 Å². The van der Waals surface area contributed by atoms with Gasteiger partial charge in [0.2, 0.25) is 0 Å². The maximum Gasteiger partial charge on any atom is 0.255 e. The molecule has 0 saturated heterocycles. The summed E-state index contributed by atoms with van der Waals surface area (Å²) in [5.41, 5.74) is 1.59. The summed E-state index contributed by atoms with van der Waals surface area (Å²) in [5, 5.41) is 3.10. The number of rotatable bonds is 13. The summed E-state index contributed by atoms with van der Waals surface area (Å²) in [6, 6.07) is 4.94. The van der Waals surface area contributed by atoms with Crippen LogP contribution < -0.4 is 5.32 Å². The highest BCUT2D eigenvalue weighted by molar-refractivity contribution is 6.34. The number of nitrogens with zero attached hydrogens (tertiary/aromatic N) is 1. The molecule has 0 aromatic heterocycles. The molecule has 0 bridgehead atoms. The molecule has 1 aromatic rings. The normalized spacial score (nSPS) is 11.3. The first-order chi connectivity index (χ1) is 14.3. The zero-order chi connectivity index (χ0) is 22.5. The Bertz CT molecular complexity index is 759. The molecule has 0 saturated carbocycles. The van der Waals surface area contributed by atoms with Crippen molar-refractivity contribution in [2.24, 2.45) is 0 Å². The Morgan fingerprint density at radius 1 is 1.03 bits per heavy atom. The number of anilines is 1. The molecular formula is C24H35ClN2O3. The number of hydrogen-bond donors (Lipinski definition) is 1. The summed E-state index contributed by atoms with van der Waals surface area (Å²) in [4.78, 5) is 38.8. The summed E-state index contributed by atoms with van der Waals surface area (Å²) in [5.74, 6) is -0.0820. The van der Waals surface area contributed by atoms with Gasteiger partial charge in [-0.25, -0.2) is 0 Å². The molecule has 0 aliphatic rings. The van der Waals surface area contributed by atoms with Crippen molar-refractivity contribution in [1.29, 1.82) is 0 Å². The van der Waals surface area contributed by atoms with Crippen molar-refractivity contribution >= 4 is 34.9 Å². The molecule has 6 heteroatoms. The minimum atomic E-state index is -0.188. The van der Waals surface area contributed by atoms with Crippen LogP contribution in [-0.4, -0.2) is 35.6 Å². The van der Waals surface area contributed by atoms with Gasteiger partial charge in [0.15, 0.2) is 0 Å². The lowest BCUT2D eigenvalue weighted by molar-refractivity contribution is -0.119. The van der Waals surface area contributed by atoms with E-state index in [-0.39, 0.29) is 17.6 Å². The van der Waals surface area contributed by atoms with Crippen LogP contribution in [0.15, 0.2) is 29.8 Å². The monoisotopic (exact) mass is 434 g/mol. The zero-order valence-corrected chi connectivity index (χ0v) is 19.5. The number of ketones is 1. The summed E-state index contributed by atoms with van der Waals surface area (Å²) in [6.07, 6.45) is 7.15. The first-order valence-corrected chi connectivity index (χ1v) is 11.3. The van der Waals surface area contributed by atoms with Crippen LogP contribution in [-0.2, 0) is 9.59 Å². The Balaban J connectivity index is 2.79. The van der Waals surface area contributed by atoms with Crippen molar-refractivity contribution in [3.8, 4) is 0 Å². The van der Waals surface area contributed by atoms with E-state index in [1.807, 2.05) is 19.9 Å². The third-order valence-corrected chi connectivity index (χ3v) is 5.11. The summed E-state index contributed by atoms with van der Waals surface area (Å²) < 4.78 is 0. The van der Waals surface area contributed by atoms with Crippen molar-refractivity contribution in [3.05, 3.63) is 40.4 Å². The van der Waals surface area contributed by atoms with E-state index < -0.39 is 0 Å². The number of amides is 2. The Kier molecular flexibility index (Phi) is 12.1. The van der Waals surface area contributed by atoms with Gasteiger partial charge in [0.1, 0.15) is 5.78 Å². The predicted octanol–water partition coefficient (Wildman–Crippen LogP) is 6.03. The van der Waals surface area contributed by atoms with Crippen LogP contribution in [0.5, 0.6) is 0 Å². The number of unbranched alkanes of at least 4 members (excludes halogenated alkanes) is 1. The average molecular weight is 435 g/mol. The molecule has 0 heterocycles.